The van der Waals surface area contributed by atoms with Crippen LogP contribution in [0.4, 0.5) is 0 Å². The van der Waals surface area contributed by atoms with Crippen LogP contribution in [0.2, 0.25) is 0 Å². The lowest BCUT2D eigenvalue weighted by atomic mass is 9.99. The first-order chi connectivity index (χ1) is 13.1. The van der Waals surface area contributed by atoms with Gasteiger partial charge >= 0.3 is 5.69 Å². The summed E-state index contributed by atoms with van der Waals surface area (Å²) < 4.78 is 5.99. The van der Waals surface area contributed by atoms with Crippen molar-refractivity contribution in [1.29, 1.82) is 0 Å². The number of nitrogens with zero attached hydrogens (tertiary/aromatic N) is 1. The monoisotopic (exact) mass is 365 g/mol. The SMILES string of the molecule is Cc1[nH]c(=O)[nH]c(=O)c1CN1CCO[C@@H](Cc2cccc3ccccc23)C1. The maximum atomic E-state index is 12.1. The predicted molar refractivity (Wildman–Crippen MR) is 105 cm³/mol. The summed E-state index contributed by atoms with van der Waals surface area (Å²) in [6, 6.07) is 14.7. The first-order valence-electron chi connectivity index (χ1n) is 9.23. The number of aromatic nitrogens is 2. The topological polar surface area (TPSA) is 78.2 Å². The molecule has 1 aromatic heterocycles. The third kappa shape index (κ3) is 3.86. The Morgan fingerprint density at radius 2 is 1.93 bits per heavy atom. The molecule has 3 aromatic rings. The summed E-state index contributed by atoms with van der Waals surface area (Å²) in [7, 11) is 0. The maximum Gasteiger partial charge on any atom is 0.325 e. The highest BCUT2D eigenvalue weighted by atomic mass is 16.5. The zero-order valence-electron chi connectivity index (χ0n) is 15.3. The van der Waals surface area contributed by atoms with E-state index in [1.54, 1.807) is 6.92 Å². The first-order valence-corrected chi connectivity index (χ1v) is 9.23. The summed E-state index contributed by atoms with van der Waals surface area (Å²) in [5.74, 6) is 0. The first kappa shape index (κ1) is 17.7. The number of rotatable bonds is 4. The Morgan fingerprint density at radius 1 is 1.11 bits per heavy atom. The van der Waals surface area contributed by atoms with E-state index in [0.717, 1.165) is 19.5 Å². The van der Waals surface area contributed by atoms with Crippen LogP contribution < -0.4 is 11.2 Å². The zero-order chi connectivity index (χ0) is 18.8. The van der Waals surface area contributed by atoms with Crippen LogP contribution in [-0.4, -0.2) is 40.7 Å². The lowest BCUT2D eigenvalue weighted by Crippen LogP contribution is -2.44. The maximum absolute atomic E-state index is 12.1. The molecule has 1 fully saturated rings. The van der Waals surface area contributed by atoms with Gasteiger partial charge in [0.15, 0.2) is 0 Å². The van der Waals surface area contributed by atoms with Crippen molar-refractivity contribution < 1.29 is 4.74 Å². The molecule has 1 saturated heterocycles. The second-order valence-electron chi connectivity index (χ2n) is 7.08. The molecule has 0 amide bonds. The summed E-state index contributed by atoms with van der Waals surface area (Å²) in [6.45, 7) is 4.42. The molecular formula is C21H23N3O3. The van der Waals surface area contributed by atoms with E-state index in [-0.39, 0.29) is 11.7 Å². The molecule has 6 heteroatoms. The number of benzene rings is 2. The summed E-state index contributed by atoms with van der Waals surface area (Å²) in [4.78, 5) is 30.7. The largest absolute Gasteiger partial charge is 0.375 e. The van der Waals surface area contributed by atoms with Crippen molar-refractivity contribution in [3.8, 4) is 0 Å². The van der Waals surface area contributed by atoms with Gasteiger partial charge in [-0.2, -0.15) is 0 Å². The number of H-pyrrole nitrogens is 2. The molecule has 4 rings (SSSR count). The van der Waals surface area contributed by atoms with Crippen LogP contribution in [0.3, 0.4) is 0 Å². The summed E-state index contributed by atoms with van der Waals surface area (Å²) in [6.07, 6.45) is 0.908. The van der Waals surface area contributed by atoms with Crippen LogP contribution in [0.5, 0.6) is 0 Å². The summed E-state index contributed by atoms with van der Waals surface area (Å²) >= 11 is 0. The van der Waals surface area contributed by atoms with Crippen molar-refractivity contribution in [3.63, 3.8) is 0 Å². The van der Waals surface area contributed by atoms with Gasteiger partial charge in [-0.3, -0.25) is 14.7 Å². The molecule has 1 aliphatic rings. The smallest absolute Gasteiger partial charge is 0.325 e. The highest BCUT2D eigenvalue weighted by Gasteiger charge is 2.23. The Labute approximate surface area is 156 Å². The Kier molecular flexibility index (Phi) is 4.92. The normalized spacial score (nSPS) is 18.0. The van der Waals surface area contributed by atoms with Gasteiger partial charge in [-0.25, -0.2) is 4.79 Å². The van der Waals surface area contributed by atoms with Gasteiger partial charge in [0.1, 0.15) is 0 Å². The fourth-order valence-corrected chi connectivity index (χ4v) is 3.80. The van der Waals surface area contributed by atoms with Gasteiger partial charge < -0.3 is 9.72 Å². The minimum absolute atomic E-state index is 0.0757. The van der Waals surface area contributed by atoms with E-state index in [0.29, 0.717) is 24.4 Å². The van der Waals surface area contributed by atoms with E-state index in [2.05, 4.69) is 57.3 Å². The third-order valence-electron chi connectivity index (χ3n) is 5.19. The van der Waals surface area contributed by atoms with E-state index in [9.17, 15) is 9.59 Å². The van der Waals surface area contributed by atoms with Crippen LogP contribution in [0.1, 0.15) is 16.8 Å². The highest BCUT2D eigenvalue weighted by Crippen LogP contribution is 2.22. The number of nitrogens with one attached hydrogen (secondary N) is 2. The molecule has 0 aliphatic carbocycles. The Hall–Kier alpha value is -2.70. The number of fused-ring (bicyclic) bond motifs is 1. The average molecular weight is 365 g/mol. The standard InChI is InChI=1S/C21H23N3O3/c1-14-19(20(25)23-21(26)22-14)13-24-9-10-27-17(12-24)11-16-7-4-6-15-5-2-3-8-18(15)16/h2-8,17H,9-13H2,1H3,(H2,22,23,25,26)/t17-/m0/s1. The van der Waals surface area contributed by atoms with E-state index < -0.39 is 5.69 Å². The fourth-order valence-electron chi connectivity index (χ4n) is 3.80. The minimum atomic E-state index is -0.461. The van der Waals surface area contributed by atoms with Gasteiger partial charge in [0.05, 0.1) is 18.3 Å². The molecule has 2 N–H and O–H groups in total. The van der Waals surface area contributed by atoms with Gasteiger partial charge in [0, 0.05) is 31.7 Å². The van der Waals surface area contributed by atoms with Gasteiger partial charge in [0.2, 0.25) is 0 Å². The quantitative estimate of drug-likeness (QED) is 0.741. The molecule has 2 aromatic carbocycles. The molecule has 140 valence electrons. The molecule has 0 saturated carbocycles. The van der Waals surface area contributed by atoms with Crippen molar-refractivity contribution >= 4 is 10.8 Å². The lowest BCUT2D eigenvalue weighted by Gasteiger charge is -2.33. The number of morpholine rings is 1. The molecule has 2 heterocycles. The van der Waals surface area contributed by atoms with Crippen LogP contribution in [-0.2, 0) is 17.7 Å². The van der Waals surface area contributed by atoms with Gasteiger partial charge in [-0.05, 0) is 23.3 Å². The van der Waals surface area contributed by atoms with E-state index in [4.69, 9.17) is 4.74 Å². The number of hydrogen-bond acceptors (Lipinski definition) is 4. The van der Waals surface area contributed by atoms with Crippen molar-refractivity contribution in [2.24, 2.45) is 0 Å². The fraction of sp³-hybridized carbons (Fsp3) is 0.333. The molecule has 0 bridgehead atoms. The van der Waals surface area contributed by atoms with Crippen molar-refractivity contribution in [1.82, 2.24) is 14.9 Å². The average Bonchev–Trinajstić information content (AvgIpc) is 2.65. The third-order valence-corrected chi connectivity index (χ3v) is 5.19. The summed E-state index contributed by atoms with van der Waals surface area (Å²) in [5.41, 5.74) is 1.74. The molecular weight excluding hydrogens is 342 g/mol. The minimum Gasteiger partial charge on any atom is -0.375 e. The molecule has 1 aliphatic heterocycles. The van der Waals surface area contributed by atoms with Crippen molar-refractivity contribution in [2.75, 3.05) is 19.7 Å². The number of hydrogen-bond donors (Lipinski definition) is 2. The van der Waals surface area contributed by atoms with E-state index >= 15 is 0 Å². The van der Waals surface area contributed by atoms with Crippen molar-refractivity contribution in [2.45, 2.75) is 26.0 Å². The van der Waals surface area contributed by atoms with Gasteiger partial charge in [0.25, 0.3) is 5.56 Å². The second kappa shape index (κ2) is 7.50. The molecule has 0 spiro atoms. The van der Waals surface area contributed by atoms with Crippen LogP contribution in [0.15, 0.2) is 52.1 Å². The zero-order valence-corrected chi connectivity index (χ0v) is 15.3. The number of aromatic amines is 2. The van der Waals surface area contributed by atoms with E-state index in [1.807, 2.05) is 0 Å². The van der Waals surface area contributed by atoms with Gasteiger partial charge in [-0.15, -0.1) is 0 Å². The Morgan fingerprint density at radius 3 is 2.78 bits per heavy atom. The molecule has 0 unspecified atom stereocenters. The number of aryl methyl sites for hydroxylation is 1. The molecule has 1 atom stereocenters. The summed E-state index contributed by atoms with van der Waals surface area (Å²) in [5, 5.41) is 2.49. The van der Waals surface area contributed by atoms with E-state index in [1.165, 1.54) is 16.3 Å². The number of ether oxygens (including phenoxy) is 1. The van der Waals surface area contributed by atoms with Crippen LogP contribution in [0.25, 0.3) is 10.8 Å². The van der Waals surface area contributed by atoms with Gasteiger partial charge in [-0.1, -0.05) is 42.5 Å². The van der Waals surface area contributed by atoms with Crippen molar-refractivity contribution in [3.05, 3.63) is 80.1 Å². The second-order valence-corrected chi connectivity index (χ2v) is 7.08. The predicted octanol–water partition coefficient (Wildman–Crippen LogP) is 1.97. The molecule has 0 radical (unpaired) electrons. The van der Waals surface area contributed by atoms with Crippen LogP contribution in [0, 0.1) is 6.92 Å². The lowest BCUT2D eigenvalue weighted by molar-refractivity contribution is -0.0305. The van der Waals surface area contributed by atoms with Crippen LogP contribution >= 0.6 is 0 Å². The molecule has 6 nitrogen and oxygen atoms in total. The molecule has 27 heavy (non-hydrogen) atoms. The Bertz CT molecular complexity index is 1060. The highest BCUT2D eigenvalue weighted by molar-refractivity contribution is 5.85. The Balaban J connectivity index is 1.50.